The number of hydrogen-bond acceptors (Lipinski definition) is 3. The summed E-state index contributed by atoms with van der Waals surface area (Å²) in [4.78, 5) is 9.73. The van der Waals surface area contributed by atoms with Gasteiger partial charge in [0.15, 0.2) is 6.61 Å². The van der Waals surface area contributed by atoms with E-state index in [1.54, 1.807) is 6.21 Å². The number of halogens is 1. The zero-order valence-corrected chi connectivity index (χ0v) is 14.1. The van der Waals surface area contributed by atoms with Crippen molar-refractivity contribution < 1.29 is 4.84 Å². The summed E-state index contributed by atoms with van der Waals surface area (Å²) < 4.78 is 2.92. The first-order valence-corrected chi connectivity index (χ1v) is 7.82. The minimum absolute atomic E-state index is 0.136. The molecular weight excluding hydrogens is 354 g/mol. The van der Waals surface area contributed by atoms with Gasteiger partial charge in [-0.3, -0.25) is 4.40 Å². The van der Waals surface area contributed by atoms with Gasteiger partial charge in [0.1, 0.15) is 5.65 Å². The van der Waals surface area contributed by atoms with Crippen LogP contribution in [-0.4, -0.2) is 22.2 Å². The van der Waals surface area contributed by atoms with Crippen molar-refractivity contribution in [1.29, 1.82) is 0 Å². The van der Waals surface area contributed by atoms with E-state index >= 15 is 0 Å². The highest BCUT2D eigenvalue weighted by atomic mass is 79.9. The minimum atomic E-state index is 0.136. The summed E-state index contributed by atoms with van der Waals surface area (Å²) in [6, 6.07) is 12.1. The van der Waals surface area contributed by atoms with Crippen molar-refractivity contribution in [3.05, 3.63) is 58.3 Å². The summed E-state index contributed by atoms with van der Waals surface area (Å²) >= 11 is 3.48. The second-order valence-electron chi connectivity index (χ2n) is 5.00. The van der Waals surface area contributed by atoms with Crippen LogP contribution in [0.2, 0.25) is 0 Å². The quantitative estimate of drug-likeness (QED) is 0.302. The molecule has 1 aromatic carbocycles. The predicted octanol–water partition coefficient (Wildman–Crippen LogP) is 4.06. The van der Waals surface area contributed by atoms with E-state index < -0.39 is 0 Å². The second kappa shape index (κ2) is 6.67. The standard InChI is InChI=1S/C18H14BrN3O/c1-3-10-23-20-11-16-18(14-6-4-13(2)5-7-14)21-17-9-8-15(19)12-22(16)17/h1,4-9,11-12H,10H2,2H3/b20-11+. The highest BCUT2D eigenvalue weighted by Crippen LogP contribution is 2.25. The van der Waals surface area contributed by atoms with Gasteiger partial charge in [0.2, 0.25) is 0 Å². The number of imidazole rings is 1. The Hall–Kier alpha value is -2.58. The third-order valence-corrected chi connectivity index (χ3v) is 3.81. The average Bonchev–Trinajstić information content (AvgIpc) is 2.90. The molecule has 0 aliphatic carbocycles. The zero-order valence-electron chi connectivity index (χ0n) is 12.5. The molecule has 3 aromatic rings. The van der Waals surface area contributed by atoms with Crippen LogP contribution in [0, 0.1) is 19.3 Å². The van der Waals surface area contributed by atoms with Crippen LogP contribution in [0.5, 0.6) is 0 Å². The Morgan fingerprint density at radius 2 is 2.09 bits per heavy atom. The van der Waals surface area contributed by atoms with Crippen molar-refractivity contribution in [3.8, 4) is 23.6 Å². The van der Waals surface area contributed by atoms with E-state index in [1.165, 1.54) is 5.56 Å². The SMILES string of the molecule is C#CCO/N=C/c1c(-c2ccc(C)cc2)nc2ccc(Br)cn12. The summed E-state index contributed by atoms with van der Waals surface area (Å²) in [7, 11) is 0. The average molecular weight is 368 g/mol. The van der Waals surface area contributed by atoms with Crippen LogP contribution in [0.15, 0.2) is 52.2 Å². The fraction of sp³-hybridized carbons (Fsp3) is 0.111. The molecule has 0 unspecified atom stereocenters. The normalized spacial score (nSPS) is 11.0. The van der Waals surface area contributed by atoms with E-state index in [-0.39, 0.29) is 6.61 Å². The molecule has 0 N–H and O–H groups in total. The molecule has 0 saturated heterocycles. The molecule has 0 aliphatic heterocycles. The van der Waals surface area contributed by atoms with Crippen molar-refractivity contribution in [1.82, 2.24) is 9.38 Å². The molecule has 0 spiro atoms. The fourth-order valence-corrected chi connectivity index (χ4v) is 2.58. The highest BCUT2D eigenvalue weighted by Gasteiger charge is 2.13. The first kappa shape index (κ1) is 15.3. The Morgan fingerprint density at radius 3 is 2.83 bits per heavy atom. The number of oxime groups is 1. The number of terminal acetylenes is 1. The van der Waals surface area contributed by atoms with Gasteiger partial charge in [0.05, 0.1) is 17.6 Å². The van der Waals surface area contributed by atoms with Crippen LogP contribution in [-0.2, 0) is 4.84 Å². The van der Waals surface area contributed by atoms with Gasteiger partial charge < -0.3 is 4.84 Å². The molecule has 5 heteroatoms. The second-order valence-corrected chi connectivity index (χ2v) is 5.91. The number of hydrogen-bond donors (Lipinski definition) is 0. The van der Waals surface area contributed by atoms with E-state index in [4.69, 9.17) is 16.2 Å². The third kappa shape index (κ3) is 3.27. The summed E-state index contributed by atoms with van der Waals surface area (Å²) in [6.07, 6.45) is 8.75. The maximum atomic E-state index is 5.16. The lowest BCUT2D eigenvalue weighted by molar-refractivity contribution is 0.181. The summed E-state index contributed by atoms with van der Waals surface area (Å²) in [5.74, 6) is 2.38. The predicted molar refractivity (Wildman–Crippen MR) is 95.4 cm³/mol. The molecule has 0 radical (unpaired) electrons. The topological polar surface area (TPSA) is 38.9 Å². The van der Waals surface area contributed by atoms with Gasteiger partial charge in [0, 0.05) is 16.2 Å². The molecule has 114 valence electrons. The Morgan fingerprint density at radius 1 is 1.30 bits per heavy atom. The van der Waals surface area contributed by atoms with Crippen molar-refractivity contribution in [2.75, 3.05) is 6.61 Å². The molecule has 3 rings (SSSR count). The number of aryl methyl sites for hydroxylation is 1. The molecule has 2 aromatic heterocycles. The Kier molecular flexibility index (Phi) is 4.45. The number of benzene rings is 1. The molecule has 23 heavy (non-hydrogen) atoms. The largest absolute Gasteiger partial charge is 0.383 e. The van der Waals surface area contributed by atoms with Gasteiger partial charge in [-0.2, -0.15) is 0 Å². The Balaban J connectivity index is 2.14. The first-order valence-electron chi connectivity index (χ1n) is 7.02. The monoisotopic (exact) mass is 367 g/mol. The maximum absolute atomic E-state index is 5.16. The smallest absolute Gasteiger partial charge is 0.177 e. The van der Waals surface area contributed by atoms with E-state index in [0.29, 0.717) is 0 Å². The third-order valence-electron chi connectivity index (χ3n) is 3.34. The molecule has 0 bridgehead atoms. The molecular formula is C18H14BrN3O. The van der Waals surface area contributed by atoms with Crippen LogP contribution in [0.1, 0.15) is 11.3 Å². The number of aromatic nitrogens is 2. The lowest BCUT2D eigenvalue weighted by Gasteiger charge is -2.01. The van der Waals surface area contributed by atoms with Gasteiger partial charge in [-0.05, 0) is 35.0 Å². The van der Waals surface area contributed by atoms with Crippen molar-refractivity contribution in [2.45, 2.75) is 6.92 Å². The summed E-state index contributed by atoms with van der Waals surface area (Å²) in [5, 5.41) is 3.94. The molecule has 0 amide bonds. The minimum Gasteiger partial charge on any atom is -0.383 e. The summed E-state index contributed by atoms with van der Waals surface area (Å²) in [6.45, 7) is 2.19. The molecule has 2 heterocycles. The molecule has 0 fully saturated rings. The van der Waals surface area contributed by atoms with Crippen LogP contribution in [0.3, 0.4) is 0 Å². The lowest BCUT2D eigenvalue weighted by Crippen LogP contribution is -1.94. The molecule has 0 saturated carbocycles. The lowest BCUT2D eigenvalue weighted by atomic mass is 10.1. The van der Waals surface area contributed by atoms with Gasteiger partial charge >= 0.3 is 0 Å². The van der Waals surface area contributed by atoms with Gasteiger partial charge in [-0.1, -0.05) is 40.9 Å². The number of nitrogens with zero attached hydrogens (tertiary/aromatic N) is 3. The van der Waals surface area contributed by atoms with E-state index in [9.17, 15) is 0 Å². The van der Waals surface area contributed by atoms with Gasteiger partial charge in [-0.15, -0.1) is 6.42 Å². The van der Waals surface area contributed by atoms with E-state index in [0.717, 1.165) is 27.1 Å². The van der Waals surface area contributed by atoms with Crippen LogP contribution >= 0.6 is 15.9 Å². The van der Waals surface area contributed by atoms with E-state index in [2.05, 4.69) is 46.1 Å². The Labute approximate surface area is 142 Å². The van der Waals surface area contributed by atoms with Crippen LogP contribution in [0.25, 0.3) is 16.9 Å². The summed E-state index contributed by atoms with van der Waals surface area (Å²) in [5.41, 5.74) is 4.74. The maximum Gasteiger partial charge on any atom is 0.177 e. The molecule has 0 atom stereocenters. The van der Waals surface area contributed by atoms with Gasteiger partial charge in [-0.25, -0.2) is 4.98 Å². The number of fused-ring (bicyclic) bond motifs is 1. The Bertz CT molecular complexity index is 904. The molecule has 0 aliphatic rings. The van der Waals surface area contributed by atoms with E-state index in [1.807, 2.05) is 34.9 Å². The van der Waals surface area contributed by atoms with Gasteiger partial charge in [0.25, 0.3) is 0 Å². The zero-order chi connectivity index (χ0) is 16.2. The highest BCUT2D eigenvalue weighted by molar-refractivity contribution is 9.10. The van der Waals surface area contributed by atoms with Crippen molar-refractivity contribution in [2.24, 2.45) is 5.16 Å². The van der Waals surface area contributed by atoms with Crippen LogP contribution < -0.4 is 0 Å². The van der Waals surface area contributed by atoms with Crippen molar-refractivity contribution >= 4 is 27.8 Å². The number of pyridine rings is 1. The fourth-order valence-electron chi connectivity index (χ4n) is 2.25. The molecule has 4 nitrogen and oxygen atoms in total. The van der Waals surface area contributed by atoms with Crippen molar-refractivity contribution in [3.63, 3.8) is 0 Å². The number of rotatable bonds is 4. The first-order chi connectivity index (χ1) is 11.2. The van der Waals surface area contributed by atoms with Crippen LogP contribution in [0.4, 0.5) is 0 Å².